The molecule has 3 aromatic rings. The fourth-order valence-corrected chi connectivity index (χ4v) is 5.38. The van der Waals surface area contributed by atoms with E-state index in [1.54, 1.807) is 6.92 Å². The van der Waals surface area contributed by atoms with Gasteiger partial charge in [-0.25, -0.2) is 9.78 Å². The van der Waals surface area contributed by atoms with Crippen LogP contribution >= 0.6 is 11.3 Å². The van der Waals surface area contributed by atoms with Crippen LogP contribution in [0.1, 0.15) is 46.4 Å². The van der Waals surface area contributed by atoms with Gasteiger partial charge in [0.1, 0.15) is 17.4 Å². The van der Waals surface area contributed by atoms with Gasteiger partial charge < -0.3 is 19.5 Å². The van der Waals surface area contributed by atoms with E-state index in [-0.39, 0.29) is 18.4 Å². The summed E-state index contributed by atoms with van der Waals surface area (Å²) in [6, 6.07) is 7.82. The minimum absolute atomic E-state index is 0.133. The predicted octanol–water partition coefficient (Wildman–Crippen LogP) is 3.85. The summed E-state index contributed by atoms with van der Waals surface area (Å²) in [4.78, 5) is 33.7. The predicted molar refractivity (Wildman–Crippen MR) is 123 cm³/mol. The third-order valence-electron chi connectivity index (χ3n) is 5.40. The van der Waals surface area contributed by atoms with Crippen LogP contribution in [0.25, 0.3) is 11.0 Å². The summed E-state index contributed by atoms with van der Waals surface area (Å²) in [7, 11) is 3.96. The summed E-state index contributed by atoms with van der Waals surface area (Å²) in [5.41, 5.74) is 3.38. The van der Waals surface area contributed by atoms with Crippen molar-refractivity contribution >= 4 is 39.2 Å². The van der Waals surface area contributed by atoms with Crippen molar-refractivity contribution < 1.29 is 14.3 Å². The summed E-state index contributed by atoms with van der Waals surface area (Å²) in [5, 5.41) is 3.61. The normalized spacial score (nSPS) is 13.4. The topological polar surface area (TPSA) is 76.5 Å². The van der Waals surface area contributed by atoms with Gasteiger partial charge in [-0.3, -0.25) is 4.79 Å². The van der Waals surface area contributed by atoms with Crippen LogP contribution in [0.5, 0.6) is 0 Å². The second-order valence-electron chi connectivity index (χ2n) is 8.02. The zero-order valence-corrected chi connectivity index (χ0v) is 19.1. The number of thiophene rings is 1. The number of anilines is 1. The van der Waals surface area contributed by atoms with Crippen LogP contribution in [0, 0.1) is 0 Å². The van der Waals surface area contributed by atoms with Gasteiger partial charge in [-0.05, 0) is 64.4 Å². The molecule has 31 heavy (non-hydrogen) atoms. The minimum atomic E-state index is -0.349. The third kappa shape index (κ3) is 4.50. The third-order valence-corrected chi connectivity index (χ3v) is 6.60. The Balaban J connectivity index is 1.63. The van der Waals surface area contributed by atoms with Crippen molar-refractivity contribution in [1.29, 1.82) is 0 Å². The maximum atomic E-state index is 13.1. The first-order chi connectivity index (χ1) is 15.0. The van der Waals surface area contributed by atoms with Crippen LogP contribution < -0.4 is 5.32 Å². The standard InChI is InChI=1S/C23H28N4O3S/c1-4-30-23(29)21-15-9-5-8-12-18(15)31-22(21)25-20(28)14-27-17-11-7-6-10-16(17)24-19(27)13-26(2)3/h6-7,10-11H,4-5,8-9,12-14H2,1-3H3,(H,25,28). The van der Waals surface area contributed by atoms with Crippen LogP contribution in [0.2, 0.25) is 0 Å². The van der Waals surface area contributed by atoms with E-state index >= 15 is 0 Å². The number of aromatic nitrogens is 2. The van der Waals surface area contributed by atoms with E-state index in [1.807, 2.05) is 47.8 Å². The van der Waals surface area contributed by atoms with Gasteiger partial charge in [-0.2, -0.15) is 0 Å². The van der Waals surface area contributed by atoms with Crippen molar-refractivity contribution in [2.24, 2.45) is 0 Å². The van der Waals surface area contributed by atoms with E-state index in [9.17, 15) is 9.59 Å². The molecular weight excluding hydrogens is 412 g/mol. The number of fused-ring (bicyclic) bond motifs is 2. The number of hydrogen-bond donors (Lipinski definition) is 1. The summed E-state index contributed by atoms with van der Waals surface area (Å²) < 4.78 is 7.24. The molecule has 1 amide bonds. The van der Waals surface area contributed by atoms with Gasteiger partial charge >= 0.3 is 5.97 Å². The lowest BCUT2D eigenvalue weighted by Gasteiger charge is -2.14. The van der Waals surface area contributed by atoms with Crippen molar-refractivity contribution in [2.45, 2.75) is 45.7 Å². The Morgan fingerprint density at radius 1 is 1.23 bits per heavy atom. The van der Waals surface area contributed by atoms with Crippen LogP contribution in [0.4, 0.5) is 5.00 Å². The zero-order valence-electron chi connectivity index (χ0n) is 18.2. The number of hydrogen-bond acceptors (Lipinski definition) is 6. The summed E-state index contributed by atoms with van der Waals surface area (Å²) in [5.74, 6) is 0.309. The van der Waals surface area contributed by atoms with Crippen LogP contribution in [-0.4, -0.2) is 47.0 Å². The quantitative estimate of drug-likeness (QED) is 0.565. The van der Waals surface area contributed by atoms with Crippen molar-refractivity contribution in [2.75, 3.05) is 26.0 Å². The smallest absolute Gasteiger partial charge is 0.341 e. The summed E-state index contributed by atoms with van der Waals surface area (Å²) in [6.07, 6.45) is 3.97. The van der Waals surface area contributed by atoms with Crippen LogP contribution in [-0.2, 0) is 35.5 Å². The molecule has 0 aliphatic heterocycles. The van der Waals surface area contributed by atoms with Gasteiger partial charge in [0, 0.05) is 4.88 Å². The molecular formula is C23H28N4O3S. The van der Waals surface area contributed by atoms with E-state index < -0.39 is 0 Å². The number of carbonyl (C=O) groups is 2. The average molecular weight is 441 g/mol. The Kier molecular flexibility index (Phi) is 6.38. The molecule has 0 saturated heterocycles. The maximum Gasteiger partial charge on any atom is 0.341 e. The number of esters is 1. The molecule has 8 heteroatoms. The highest BCUT2D eigenvalue weighted by atomic mass is 32.1. The number of para-hydroxylation sites is 2. The lowest BCUT2D eigenvalue weighted by molar-refractivity contribution is -0.116. The Morgan fingerprint density at radius 3 is 2.77 bits per heavy atom. The van der Waals surface area contributed by atoms with Gasteiger partial charge in [0.15, 0.2) is 0 Å². The molecule has 7 nitrogen and oxygen atoms in total. The van der Waals surface area contributed by atoms with Gasteiger partial charge in [0.05, 0.1) is 29.7 Å². The van der Waals surface area contributed by atoms with Crippen molar-refractivity contribution in [1.82, 2.24) is 14.5 Å². The largest absolute Gasteiger partial charge is 0.462 e. The number of amides is 1. The maximum absolute atomic E-state index is 13.1. The number of carbonyl (C=O) groups excluding carboxylic acids is 2. The second kappa shape index (κ2) is 9.20. The minimum Gasteiger partial charge on any atom is -0.462 e. The average Bonchev–Trinajstić information content (AvgIpc) is 3.25. The lowest BCUT2D eigenvalue weighted by Crippen LogP contribution is -2.23. The van der Waals surface area contributed by atoms with Gasteiger partial charge in [-0.1, -0.05) is 12.1 Å². The van der Waals surface area contributed by atoms with E-state index in [0.29, 0.717) is 23.7 Å². The molecule has 1 aromatic carbocycles. The number of nitrogens with zero attached hydrogens (tertiary/aromatic N) is 3. The number of ether oxygens (including phenoxy) is 1. The molecule has 164 valence electrons. The molecule has 0 spiro atoms. The number of aryl methyl sites for hydroxylation is 1. The highest BCUT2D eigenvalue weighted by Crippen LogP contribution is 2.38. The van der Waals surface area contributed by atoms with E-state index in [1.165, 1.54) is 16.2 Å². The molecule has 2 aromatic heterocycles. The number of benzene rings is 1. The van der Waals surface area contributed by atoms with Crippen LogP contribution in [0.3, 0.4) is 0 Å². The molecule has 0 fully saturated rings. The van der Waals surface area contributed by atoms with Gasteiger partial charge in [0.2, 0.25) is 5.91 Å². The number of rotatable bonds is 7. The fourth-order valence-electron chi connectivity index (χ4n) is 4.09. The highest BCUT2D eigenvalue weighted by Gasteiger charge is 2.27. The SMILES string of the molecule is CCOC(=O)c1c(NC(=O)Cn2c(CN(C)C)nc3ccccc32)sc2c1CCCC2. The first-order valence-electron chi connectivity index (χ1n) is 10.7. The first-order valence-corrected chi connectivity index (χ1v) is 11.5. The van der Waals surface area contributed by atoms with Gasteiger partial charge in [0.25, 0.3) is 0 Å². The monoisotopic (exact) mass is 440 g/mol. The molecule has 4 rings (SSSR count). The lowest BCUT2D eigenvalue weighted by atomic mass is 9.95. The Labute approximate surface area is 186 Å². The molecule has 1 aliphatic carbocycles. The summed E-state index contributed by atoms with van der Waals surface area (Å²) >= 11 is 1.51. The summed E-state index contributed by atoms with van der Waals surface area (Å²) in [6.45, 7) is 2.87. The molecule has 0 radical (unpaired) electrons. The molecule has 2 heterocycles. The molecule has 0 bridgehead atoms. The first kappa shape index (κ1) is 21.5. The van der Waals surface area contributed by atoms with Crippen molar-refractivity contribution in [3.8, 4) is 0 Å². The van der Waals surface area contributed by atoms with E-state index in [2.05, 4.69) is 5.32 Å². The van der Waals surface area contributed by atoms with Crippen LogP contribution in [0.15, 0.2) is 24.3 Å². The Bertz CT molecular complexity index is 1120. The van der Waals surface area contributed by atoms with E-state index in [4.69, 9.17) is 9.72 Å². The number of nitrogens with one attached hydrogen (secondary N) is 1. The second-order valence-corrected chi connectivity index (χ2v) is 9.13. The van der Waals surface area contributed by atoms with Crippen molar-refractivity contribution in [3.63, 3.8) is 0 Å². The molecule has 0 atom stereocenters. The van der Waals surface area contributed by atoms with E-state index in [0.717, 1.165) is 48.1 Å². The highest BCUT2D eigenvalue weighted by molar-refractivity contribution is 7.17. The zero-order chi connectivity index (χ0) is 22.0. The molecule has 1 aliphatic rings. The number of imidazole rings is 1. The fraction of sp³-hybridized carbons (Fsp3) is 0.435. The van der Waals surface area contributed by atoms with Gasteiger partial charge in [-0.15, -0.1) is 11.3 Å². The molecule has 0 saturated carbocycles. The Morgan fingerprint density at radius 2 is 2.00 bits per heavy atom. The molecule has 0 unspecified atom stereocenters. The molecule has 1 N–H and O–H groups in total. The Hall–Kier alpha value is -2.71. The van der Waals surface area contributed by atoms with Crippen molar-refractivity contribution in [3.05, 3.63) is 46.1 Å².